The summed E-state index contributed by atoms with van der Waals surface area (Å²) in [5.41, 5.74) is 0.975. The van der Waals surface area contributed by atoms with Gasteiger partial charge in [0.15, 0.2) is 0 Å². The van der Waals surface area contributed by atoms with Gasteiger partial charge in [-0.15, -0.1) is 0 Å². The van der Waals surface area contributed by atoms with Gasteiger partial charge < -0.3 is 10.1 Å². The molecule has 0 aliphatic carbocycles. The van der Waals surface area contributed by atoms with Crippen LogP contribution in [0.3, 0.4) is 0 Å². The molecule has 0 amide bonds. The van der Waals surface area contributed by atoms with E-state index in [1.807, 2.05) is 30.3 Å². The number of hydrogen-bond acceptors (Lipinski definition) is 3. The largest absolute Gasteiger partial charge is 0.492 e. The van der Waals surface area contributed by atoms with E-state index in [0.717, 1.165) is 29.7 Å². The summed E-state index contributed by atoms with van der Waals surface area (Å²) in [6.45, 7) is 4.62. The average molecular weight is 216 g/mol. The fourth-order valence-corrected chi connectivity index (χ4v) is 1.55. The van der Waals surface area contributed by atoms with Gasteiger partial charge in [0.05, 0.1) is 5.52 Å². The van der Waals surface area contributed by atoms with Crippen LogP contribution >= 0.6 is 0 Å². The Bertz CT molecular complexity index is 456. The van der Waals surface area contributed by atoms with Gasteiger partial charge in [-0.3, -0.25) is 4.98 Å². The van der Waals surface area contributed by atoms with Crippen molar-refractivity contribution in [2.45, 2.75) is 6.92 Å². The molecule has 3 nitrogen and oxygen atoms in total. The Morgan fingerprint density at radius 3 is 3.12 bits per heavy atom. The number of fused-ring (bicyclic) bond motifs is 1. The first kappa shape index (κ1) is 10.9. The summed E-state index contributed by atoms with van der Waals surface area (Å²) in [6, 6.07) is 9.97. The molecule has 0 aliphatic rings. The van der Waals surface area contributed by atoms with Crippen molar-refractivity contribution in [3.05, 3.63) is 36.5 Å². The Morgan fingerprint density at radius 1 is 1.31 bits per heavy atom. The van der Waals surface area contributed by atoms with Crippen LogP contribution in [0.4, 0.5) is 0 Å². The number of pyridine rings is 1. The minimum atomic E-state index is 0.687. The van der Waals surface area contributed by atoms with E-state index < -0.39 is 0 Å². The molecule has 0 bridgehead atoms. The summed E-state index contributed by atoms with van der Waals surface area (Å²) in [5.74, 6) is 0.879. The maximum atomic E-state index is 5.61. The van der Waals surface area contributed by atoms with Gasteiger partial charge in [-0.2, -0.15) is 0 Å². The Balaban J connectivity index is 2.02. The summed E-state index contributed by atoms with van der Waals surface area (Å²) in [4.78, 5) is 4.29. The average Bonchev–Trinajstić information content (AvgIpc) is 2.34. The molecular weight excluding hydrogens is 200 g/mol. The number of rotatable bonds is 5. The second-order valence-electron chi connectivity index (χ2n) is 3.56. The first-order valence-electron chi connectivity index (χ1n) is 5.58. The Kier molecular flexibility index (Phi) is 3.72. The maximum Gasteiger partial charge on any atom is 0.121 e. The zero-order chi connectivity index (χ0) is 11.2. The zero-order valence-electron chi connectivity index (χ0n) is 9.44. The van der Waals surface area contributed by atoms with E-state index in [4.69, 9.17) is 4.74 Å². The number of nitrogens with one attached hydrogen (secondary N) is 1. The van der Waals surface area contributed by atoms with Gasteiger partial charge in [0, 0.05) is 24.2 Å². The molecule has 1 heterocycles. The van der Waals surface area contributed by atoms with Crippen molar-refractivity contribution < 1.29 is 4.74 Å². The molecule has 3 heteroatoms. The van der Waals surface area contributed by atoms with E-state index in [9.17, 15) is 0 Å². The topological polar surface area (TPSA) is 34.1 Å². The van der Waals surface area contributed by atoms with Crippen LogP contribution in [0, 0.1) is 0 Å². The number of aromatic nitrogens is 1. The van der Waals surface area contributed by atoms with E-state index in [0.29, 0.717) is 6.61 Å². The van der Waals surface area contributed by atoms with Crippen LogP contribution in [0.15, 0.2) is 36.5 Å². The monoisotopic (exact) mass is 216 g/mol. The van der Waals surface area contributed by atoms with Crippen molar-refractivity contribution in [2.24, 2.45) is 0 Å². The molecule has 84 valence electrons. The SMILES string of the molecule is CCNCCOc1ccc2cccnc2c1. The molecule has 0 saturated heterocycles. The third-order valence-corrected chi connectivity index (χ3v) is 2.37. The summed E-state index contributed by atoms with van der Waals surface area (Å²) in [5, 5.41) is 4.36. The van der Waals surface area contributed by atoms with Crippen LogP contribution in [0.2, 0.25) is 0 Å². The normalized spacial score (nSPS) is 10.6. The quantitative estimate of drug-likeness (QED) is 0.778. The highest BCUT2D eigenvalue weighted by Crippen LogP contribution is 2.18. The predicted molar refractivity (Wildman–Crippen MR) is 65.8 cm³/mol. The van der Waals surface area contributed by atoms with Gasteiger partial charge in [0.25, 0.3) is 0 Å². The van der Waals surface area contributed by atoms with Gasteiger partial charge >= 0.3 is 0 Å². The molecule has 0 atom stereocenters. The van der Waals surface area contributed by atoms with E-state index in [1.54, 1.807) is 6.20 Å². The van der Waals surface area contributed by atoms with E-state index in [-0.39, 0.29) is 0 Å². The molecule has 0 fully saturated rings. The van der Waals surface area contributed by atoms with Crippen LogP contribution < -0.4 is 10.1 Å². The van der Waals surface area contributed by atoms with Crippen molar-refractivity contribution in [1.82, 2.24) is 10.3 Å². The number of ether oxygens (including phenoxy) is 1. The first-order chi connectivity index (χ1) is 7.90. The minimum absolute atomic E-state index is 0.687. The number of nitrogens with zero attached hydrogens (tertiary/aromatic N) is 1. The van der Waals surface area contributed by atoms with Gasteiger partial charge in [-0.05, 0) is 24.7 Å². The lowest BCUT2D eigenvalue weighted by Crippen LogP contribution is -2.20. The highest BCUT2D eigenvalue weighted by Gasteiger charge is 1.97. The van der Waals surface area contributed by atoms with Gasteiger partial charge in [0.1, 0.15) is 12.4 Å². The molecule has 0 unspecified atom stereocenters. The van der Waals surface area contributed by atoms with Gasteiger partial charge in [-0.25, -0.2) is 0 Å². The van der Waals surface area contributed by atoms with Gasteiger partial charge in [0.2, 0.25) is 0 Å². The summed E-state index contributed by atoms with van der Waals surface area (Å²) in [7, 11) is 0. The van der Waals surface area contributed by atoms with E-state index >= 15 is 0 Å². The number of likely N-dealkylation sites (N-methyl/N-ethyl adjacent to an activating group) is 1. The highest BCUT2D eigenvalue weighted by molar-refractivity contribution is 5.79. The van der Waals surface area contributed by atoms with Crippen LogP contribution in [0.1, 0.15) is 6.92 Å². The van der Waals surface area contributed by atoms with Crippen molar-refractivity contribution in [3.63, 3.8) is 0 Å². The third kappa shape index (κ3) is 2.70. The molecule has 2 aromatic rings. The smallest absolute Gasteiger partial charge is 0.121 e. The molecule has 1 aromatic heterocycles. The molecule has 0 spiro atoms. The Labute approximate surface area is 95.5 Å². The minimum Gasteiger partial charge on any atom is -0.492 e. The molecule has 2 rings (SSSR count). The van der Waals surface area contributed by atoms with Crippen LogP contribution in [-0.2, 0) is 0 Å². The van der Waals surface area contributed by atoms with Crippen LogP contribution in [0.25, 0.3) is 10.9 Å². The molecule has 1 N–H and O–H groups in total. The first-order valence-corrected chi connectivity index (χ1v) is 5.58. The van der Waals surface area contributed by atoms with Crippen LogP contribution in [-0.4, -0.2) is 24.7 Å². The summed E-state index contributed by atoms with van der Waals surface area (Å²) in [6.07, 6.45) is 1.80. The zero-order valence-corrected chi connectivity index (χ0v) is 9.44. The van der Waals surface area contributed by atoms with E-state index in [2.05, 4.69) is 17.2 Å². The summed E-state index contributed by atoms with van der Waals surface area (Å²) >= 11 is 0. The van der Waals surface area contributed by atoms with E-state index in [1.165, 1.54) is 0 Å². The van der Waals surface area contributed by atoms with Crippen molar-refractivity contribution in [1.29, 1.82) is 0 Å². The number of hydrogen-bond donors (Lipinski definition) is 1. The Hall–Kier alpha value is -1.61. The fourth-order valence-electron chi connectivity index (χ4n) is 1.55. The number of benzene rings is 1. The second kappa shape index (κ2) is 5.47. The lowest BCUT2D eigenvalue weighted by Gasteiger charge is -2.07. The lowest BCUT2D eigenvalue weighted by atomic mass is 10.2. The lowest BCUT2D eigenvalue weighted by molar-refractivity contribution is 0.316. The highest BCUT2D eigenvalue weighted by atomic mass is 16.5. The Morgan fingerprint density at radius 2 is 2.25 bits per heavy atom. The molecule has 0 radical (unpaired) electrons. The van der Waals surface area contributed by atoms with Crippen LogP contribution in [0.5, 0.6) is 5.75 Å². The molecule has 0 saturated carbocycles. The van der Waals surface area contributed by atoms with Crippen molar-refractivity contribution >= 4 is 10.9 Å². The molecule has 0 aliphatic heterocycles. The predicted octanol–water partition coefficient (Wildman–Crippen LogP) is 2.22. The molecular formula is C13H16N2O. The fraction of sp³-hybridized carbons (Fsp3) is 0.308. The summed E-state index contributed by atoms with van der Waals surface area (Å²) < 4.78 is 5.61. The van der Waals surface area contributed by atoms with Crippen molar-refractivity contribution in [2.75, 3.05) is 19.7 Å². The molecule has 16 heavy (non-hydrogen) atoms. The third-order valence-electron chi connectivity index (χ3n) is 2.37. The standard InChI is InChI=1S/C13H16N2O/c1-2-14-8-9-16-12-6-5-11-4-3-7-15-13(11)10-12/h3-7,10,14H,2,8-9H2,1H3. The molecule has 1 aromatic carbocycles. The maximum absolute atomic E-state index is 5.61. The second-order valence-corrected chi connectivity index (χ2v) is 3.56. The van der Waals surface area contributed by atoms with Crippen molar-refractivity contribution in [3.8, 4) is 5.75 Å². The van der Waals surface area contributed by atoms with Gasteiger partial charge in [-0.1, -0.05) is 13.0 Å².